The van der Waals surface area contributed by atoms with Gasteiger partial charge in [-0.25, -0.2) is 0 Å². The van der Waals surface area contributed by atoms with Gasteiger partial charge in [-0.15, -0.1) is 0 Å². The zero-order valence-corrected chi connectivity index (χ0v) is 12.6. The minimum Gasteiger partial charge on any atom is -0.296 e. The quantitative estimate of drug-likeness (QED) is 0.814. The second kappa shape index (κ2) is 7.37. The van der Waals surface area contributed by atoms with E-state index in [4.69, 9.17) is 0 Å². The van der Waals surface area contributed by atoms with Crippen LogP contribution >= 0.6 is 0 Å². The fourth-order valence-corrected chi connectivity index (χ4v) is 3.34. The van der Waals surface area contributed by atoms with Crippen molar-refractivity contribution in [3.8, 4) is 0 Å². The molecular weight excluding hydrogens is 256 g/mol. The summed E-state index contributed by atoms with van der Waals surface area (Å²) in [5.41, 5.74) is 2.84. The van der Waals surface area contributed by atoms with Crippen molar-refractivity contribution in [2.24, 2.45) is 0 Å². The molecule has 2 heterocycles. The van der Waals surface area contributed by atoms with Crippen LogP contribution in [0.15, 0.2) is 54.9 Å². The highest BCUT2D eigenvalue weighted by atomic mass is 15.2. The van der Waals surface area contributed by atoms with Gasteiger partial charge in [0.1, 0.15) is 0 Å². The van der Waals surface area contributed by atoms with Crippen LogP contribution in [0.1, 0.15) is 42.9 Å². The van der Waals surface area contributed by atoms with Crippen LogP contribution in [0, 0.1) is 0 Å². The van der Waals surface area contributed by atoms with E-state index >= 15 is 0 Å². The maximum atomic E-state index is 4.30. The summed E-state index contributed by atoms with van der Waals surface area (Å²) in [6.45, 7) is 2.42. The summed E-state index contributed by atoms with van der Waals surface area (Å²) in [4.78, 5) is 6.95. The van der Waals surface area contributed by atoms with E-state index in [1.165, 1.54) is 56.3 Å². The van der Waals surface area contributed by atoms with Crippen molar-refractivity contribution >= 4 is 0 Å². The van der Waals surface area contributed by atoms with Crippen molar-refractivity contribution in [3.63, 3.8) is 0 Å². The Morgan fingerprint density at radius 1 is 1.05 bits per heavy atom. The molecular formula is C19H24N2. The normalized spacial score (nSPS) is 19.5. The Labute approximate surface area is 127 Å². The van der Waals surface area contributed by atoms with Gasteiger partial charge in [0.25, 0.3) is 0 Å². The van der Waals surface area contributed by atoms with E-state index in [1.807, 2.05) is 12.4 Å². The molecule has 1 aromatic carbocycles. The molecule has 1 aromatic heterocycles. The SMILES string of the molecule is c1ccc(CCCN2CCCC[C@@H]2c2cccnc2)cc1. The molecule has 0 saturated carbocycles. The van der Waals surface area contributed by atoms with Crippen LogP contribution < -0.4 is 0 Å². The van der Waals surface area contributed by atoms with Gasteiger partial charge in [0.15, 0.2) is 0 Å². The van der Waals surface area contributed by atoms with Gasteiger partial charge in [-0.2, -0.15) is 0 Å². The van der Waals surface area contributed by atoms with Crippen molar-refractivity contribution in [2.45, 2.75) is 38.1 Å². The minimum atomic E-state index is 0.572. The second-order valence-corrected chi connectivity index (χ2v) is 5.92. The summed E-state index contributed by atoms with van der Waals surface area (Å²) >= 11 is 0. The monoisotopic (exact) mass is 280 g/mol. The first-order valence-electron chi connectivity index (χ1n) is 8.11. The number of benzene rings is 1. The molecule has 3 rings (SSSR count). The lowest BCUT2D eigenvalue weighted by Crippen LogP contribution is -2.34. The van der Waals surface area contributed by atoms with Crippen molar-refractivity contribution < 1.29 is 0 Å². The summed E-state index contributed by atoms with van der Waals surface area (Å²) in [5, 5.41) is 0. The number of hydrogen-bond acceptors (Lipinski definition) is 2. The number of aromatic nitrogens is 1. The van der Waals surface area contributed by atoms with Gasteiger partial charge in [0, 0.05) is 18.4 Å². The predicted molar refractivity (Wildman–Crippen MR) is 87.2 cm³/mol. The molecule has 21 heavy (non-hydrogen) atoms. The van der Waals surface area contributed by atoms with Gasteiger partial charge in [-0.3, -0.25) is 9.88 Å². The molecule has 0 bridgehead atoms. The molecule has 2 aromatic rings. The lowest BCUT2D eigenvalue weighted by atomic mass is 9.96. The zero-order valence-electron chi connectivity index (χ0n) is 12.6. The third-order valence-electron chi connectivity index (χ3n) is 4.44. The smallest absolute Gasteiger partial charge is 0.0363 e. The molecule has 0 radical (unpaired) electrons. The molecule has 2 nitrogen and oxygen atoms in total. The molecule has 0 unspecified atom stereocenters. The van der Waals surface area contributed by atoms with E-state index in [-0.39, 0.29) is 0 Å². The van der Waals surface area contributed by atoms with Gasteiger partial charge >= 0.3 is 0 Å². The average molecular weight is 280 g/mol. The third-order valence-corrected chi connectivity index (χ3v) is 4.44. The van der Waals surface area contributed by atoms with E-state index in [0.717, 1.165) is 0 Å². The lowest BCUT2D eigenvalue weighted by molar-refractivity contribution is 0.147. The molecule has 1 fully saturated rings. The van der Waals surface area contributed by atoms with Crippen LogP contribution in [0.25, 0.3) is 0 Å². The van der Waals surface area contributed by atoms with Crippen LogP contribution in [0.5, 0.6) is 0 Å². The van der Waals surface area contributed by atoms with E-state index in [2.05, 4.69) is 52.3 Å². The summed E-state index contributed by atoms with van der Waals surface area (Å²) in [7, 11) is 0. The molecule has 0 amide bonds. The Morgan fingerprint density at radius 3 is 2.76 bits per heavy atom. The molecule has 0 aliphatic carbocycles. The van der Waals surface area contributed by atoms with Crippen LogP contribution in [0.2, 0.25) is 0 Å². The minimum absolute atomic E-state index is 0.572. The number of piperidine rings is 1. The Bertz CT molecular complexity index is 524. The molecule has 110 valence electrons. The van der Waals surface area contributed by atoms with Crippen LogP contribution in [0.4, 0.5) is 0 Å². The number of rotatable bonds is 5. The van der Waals surface area contributed by atoms with E-state index in [1.54, 1.807) is 0 Å². The van der Waals surface area contributed by atoms with E-state index in [9.17, 15) is 0 Å². The third kappa shape index (κ3) is 3.92. The highest BCUT2D eigenvalue weighted by Crippen LogP contribution is 2.30. The molecule has 1 aliphatic heterocycles. The molecule has 1 saturated heterocycles. The van der Waals surface area contributed by atoms with Crippen LogP contribution in [-0.4, -0.2) is 23.0 Å². The van der Waals surface area contributed by atoms with Crippen LogP contribution in [0.3, 0.4) is 0 Å². The van der Waals surface area contributed by atoms with E-state index in [0.29, 0.717) is 6.04 Å². The Morgan fingerprint density at radius 2 is 1.95 bits per heavy atom. The predicted octanol–water partition coefficient (Wildman–Crippen LogP) is 4.24. The fourth-order valence-electron chi connectivity index (χ4n) is 3.34. The Hall–Kier alpha value is -1.67. The zero-order chi connectivity index (χ0) is 14.3. The molecule has 0 N–H and O–H groups in total. The number of hydrogen-bond donors (Lipinski definition) is 0. The van der Waals surface area contributed by atoms with Gasteiger partial charge in [0.2, 0.25) is 0 Å². The fraction of sp³-hybridized carbons (Fsp3) is 0.421. The number of aryl methyl sites for hydroxylation is 1. The first kappa shape index (κ1) is 14.3. The summed E-state index contributed by atoms with van der Waals surface area (Å²) in [5.74, 6) is 0. The first-order chi connectivity index (χ1) is 10.4. The maximum Gasteiger partial charge on any atom is 0.0363 e. The molecule has 1 atom stereocenters. The molecule has 0 spiro atoms. The van der Waals surface area contributed by atoms with Crippen molar-refractivity contribution in [3.05, 3.63) is 66.0 Å². The number of pyridine rings is 1. The highest BCUT2D eigenvalue weighted by Gasteiger charge is 2.23. The molecule has 1 aliphatic rings. The average Bonchev–Trinajstić information content (AvgIpc) is 2.57. The Kier molecular flexibility index (Phi) is 5.01. The maximum absolute atomic E-state index is 4.30. The first-order valence-corrected chi connectivity index (χ1v) is 8.11. The van der Waals surface area contributed by atoms with Crippen molar-refractivity contribution in [1.82, 2.24) is 9.88 Å². The van der Waals surface area contributed by atoms with Crippen molar-refractivity contribution in [2.75, 3.05) is 13.1 Å². The largest absolute Gasteiger partial charge is 0.296 e. The summed E-state index contributed by atoms with van der Waals surface area (Å²) < 4.78 is 0. The highest BCUT2D eigenvalue weighted by molar-refractivity contribution is 5.16. The Balaban J connectivity index is 1.57. The number of likely N-dealkylation sites (tertiary alicyclic amines) is 1. The van der Waals surface area contributed by atoms with E-state index < -0.39 is 0 Å². The number of nitrogens with zero attached hydrogens (tertiary/aromatic N) is 2. The standard InChI is InChI=1S/C19H24N2/c1-2-8-17(9-3-1)10-7-15-21-14-5-4-12-19(21)18-11-6-13-20-16-18/h1-3,6,8-9,11,13,16,19H,4-5,7,10,12,14-15H2/t19-/m1/s1. The second-order valence-electron chi connectivity index (χ2n) is 5.92. The van der Waals surface area contributed by atoms with Gasteiger partial charge < -0.3 is 0 Å². The topological polar surface area (TPSA) is 16.1 Å². The lowest BCUT2D eigenvalue weighted by Gasteiger charge is -2.36. The summed E-state index contributed by atoms with van der Waals surface area (Å²) in [6, 6.07) is 15.7. The van der Waals surface area contributed by atoms with Gasteiger partial charge in [-0.1, -0.05) is 42.8 Å². The molecule has 2 heteroatoms. The summed E-state index contributed by atoms with van der Waals surface area (Å²) in [6.07, 6.45) is 10.3. The van der Waals surface area contributed by atoms with Crippen molar-refractivity contribution in [1.29, 1.82) is 0 Å². The van der Waals surface area contributed by atoms with Crippen LogP contribution in [-0.2, 0) is 6.42 Å². The van der Waals surface area contributed by atoms with Gasteiger partial charge in [0.05, 0.1) is 0 Å². The van der Waals surface area contributed by atoms with Gasteiger partial charge in [-0.05, 0) is 56.0 Å².